The van der Waals surface area contributed by atoms with Crippen LogP contribution >= 0.6 is 15.9 Å². The number of methoxy groups -OCH3 is 1. The van der Waals surface area contributed by atoms with Gasteiger partial charge in [0.05, 0.1) is 7.11 Å². The lowest BCUT2D eigenvalue weighted by Crippen LogP contribution is -2.45. The molecule has 1 unspecified atom stereocenters. The third-order valence-corrected chi connectivity index (χ3v) is 3.17. The van der Waals surface area contributed by atoms with Gasteiger partial charge in [0.15, 0.2) is 0 Å². The van der Waals surface area contributed by atoms with Crippen LogP contribution in [-0.2, 0) is 14.3 Å². The monoisotopic (exact) mass is 328 g/mol. The van der Waals surface area contributed by atoms with E-state index in [2.05, 4.69) is 31.3 Å². The minimum atomic E-state index is -0.713. The molecule has 2 N–H and O–H groups in total. The summed E-state index contributed by atoms with van der Waals surface area (Å²) in [7, 11) is 1.29. The Morgan fingerprint density at radius 2 is 2.11 bits per heavy atom. The summed E-state index contributed by atoms with van der Waals surface area (Å²) in [4.78, 5) is 22.6. The molecular formula is C13H17BrN2O3. The molecule has 0 spiro atoms. The summed E-state index contributed by atoms with van der Waals surface area (Å²) in [6.45, 7) is 3.59. The number of hydrogen-bond acceptors (Lipinski definition) is 4. The van der Waals surface area contributed by atoms with Crippen molar-refractivity contribution in [3.63, 3.8) is 0 Å². The first-order chi connectivity index (χ1) is 8.93. The molecule has 0 aromatic heterocycles. The van der Waals surface area contributed by atoms with Gasteiger partial charge in [-0.3, -0.25) is 4.79 Å². The number of hydrogen-bond donors (Lipinski definition) is 2. The van der Waals surface area contributed by atoms with Crippen molar-refractivity contribution in [2.75, 3.05) is 19.0 Å². The maximum Gasteiger partial charge on any atom is 0.330 e. The molecule has 0 aliphatic rings. The summed E-state index contributed by atoms with van der Waals surface area (Å²) in [6.07, 6.45) is 0. The van der Waals surface area contributed by atoms with Crippen LogP contribution in [-0.4, -0.2) is 31.6 Å². The number of nitrogens with one attached hydrogen (secondary N) is 2. The third-order valence-electron chi connectivity index (χ3n) is 2.48. The van der Waals surface area contributed by atoms with E-state index >= 15 is 0 Å². The molecule has 1 amide bonds. The van der Waals surface area contributed by atoms with Crippen LogP contribution in [0.3, 0.4) is 0 Å². The minimum absolute atomic E-state index is 0.258. The van der Waals surface area contributed by atoms with Crippen molar-refractivity contribution in [1.82, 2.24) is 5.32 Å². The number of anilines is 1. The second kappa shape index (κ2) is 7.13. The van der Waals surface area contributed by atoms with Crippen molar-refractivity contribution in [2.45, 2.75) is 19.9 Å². The highest BCUT2D eigenvalue weighted by Gasteiger charge is 2.19. The summed E-state index contributed by atoms with van der Waals surface area (Å²) in [5.74, 6) is -0.757. The smallest absolute Gasteiger partial charge is 0.330 e. The number of rotatable bonds is 5. The zero-order valence-corrected chi connectivity index (χ0v) is 12.7. The molecule has 0 aliphatic heterocycles. The summed E-state index contributed by atoms with van der Waals surface area (Å²) >= 11 is 3.42. The molecule has 1 aromatic carbocycles. The fraction of sp³-hybridized carbons (Fsp3) is 0.385. The quantitative estimate of drug-likeness (QED) is 0.809. The molecule has 19 heavy (non-hydrogen) atoms. The molecule has 0 aliphatic carbocycles. The van der Waals surface area contributed by atoms with Crippen molar-refractivity contribution >= 4 is 33.5 Å². The average molecular weight is 329 g/mol. The molecule has 6 heteroatoms. The second-order valence-electron chi connectivity index (χ2n) is 4.14. The molecule has 104 valence electrons. The standard InChI is InChI=1S/C13H17BrN2O3/c1-8-4-5-10(14)11(6-8)15-7-12(13(18)19-3)16-9(2)17/h4-6,12,15H,7H2,1-3H3,(H,16,17). The topological polar surface area (TPSA) is 67.4 Å². The van der Waals surface area contributed by atoms with Crippen molar-refractivity contribution in [2.24, 2.45) is 0 Å². The lowest BCUT2D eigenvalue weighted by Gasteiger charge is -2.17. The third kappa shape index (κ3) is 4.90. The molecule has 1 rings (SSSR count). The van der Waals surface area contributed by atoms with Crippen LogP contribution in [0.1, 0.15) is 12.5 Å². The molecule has 0 bridgehead atoms. The van der Waals surface area contributed by atoms with E-state index in [-0.39, 0.29) is 12.5 Å². The van der Waals surface area contributed by atoms with Gasteiger partial charge in [0, 0.05) is 23.6 Å². The normalized spacial score (nSPS) is 11.6. The van der Waals surface area contributed by atoms with Gasteiger partial charge in [-0.15, -0.1) is 0 Å². The predicted octanol–water partition coefficient (Wildman–Crippen LogP) is 1.85. The van der Waals surface area contributed by atoms with Crippen LogP contribution in [0.5, 0.6) is 0 Å². The Balaban J connectivity index is 2.72. The summed E-state index contributed by atoms with van der Waals surface area (Å²) in [6, 6.07) is 5.13. The van der Waals surface area contributed by atoms with E-state index in [0.717, 1.165) is 15.7 Å². The van der Waals surface area contributed by atoms with Crippen molar-refractivity contribution < 1.29 is 14.3 Å². The van der Waals surface area contributed by atoms with Crippen molar-refractivity contribution in [1.29, 1.82) is 0 Å². The zero-order valence-electron chi connectivity index (χ0n) is 11.1. The second-order valence-corrected chi connectivity index (χ2v) is 4.99. The van der Waals surface area contributed by atoms with Crippen LogP contribution in [0.2, 0.25) is 0 Å². The largest absolute Gasteiger partial charge is 0.467 e. The molecular weight excluding hydrogens is 312 g/mol. The molecule has 0 saturated carbocycles. The number of esters is 1. The van der Waals surface area contributed by atoms with E-state index < -0.39 is 12.0 Å². The number of ether oxygens (including phenoxy) is 1. The summed E-state index contributed by atoms with van der Waals surface area (Å²) in [5, 5.41) is 5.66. The Labute approximate surface area is 120 Å². The lowest BCUT2D eigenvalue weighted by molar-refractivity contribution is -0.144. The minimum Gasteiger partial charge on any atom is -0.467 e. The van der Waals surface area contributed by atoms with Gasteiger partial charge in [-0.05, 0) is 40.5 Å². The Bertz CT molecular complexity index is 477. The maximum absolute atomic E-state index is 11.5. The van der Waals surface area contributed by atoms with Crippen LogP contribution in [0.25, 0.3) is 0 Å². The number of carbonyl (C=O) groups excluding carboxylic acids is 2. The first-order valence-electron chi connectivity index (χ1n) is 5.79. The Hall–Kier alpha value is -1.56. The van der Waals surface area contributed by atoms with E-state index in [1.807, 2.05) is 25.1 Å². The van der Waals surface area contributed by atoms with Gasteiger partial charge in [0.1, 0.15) is 6.04 Å². The highest BCUT2D eigenvalue weighted by molar-refractivity contribution is 9.10. The Morgan fingerprint density at radius 3 is 2.68 bits per heavy atom. The fourth-order valence-electron chi connectivity index (χ4n) is 1.57. The maximum atomic E-state index is 11.5. The van der Waals surface area contributed by atoms with E-state index in [0.29, 0.717) is 0 Å². The SMILES string of the molecule is COC(=O)C(CNc1cc(C)ccc1Br)NC(C)=O. The highest BCUT2D eigenvalue weighted by atomic mass is 79.9. The van der Waals surface area contributed by atoms with Gasteiger partial charge in [-0.1, -0.05) is 6.07 Å². The fourth-order valence-corrected chi connectivity index (χ4v) is 1.95. The lowest BCUT2D eigenvalue weighted by atomic mass is 10.2. The van der Waals surface area contributed by atoms with Crippen LogP contribution in [0.4, 0.5) is 5.69 Å². The summed E-state index contributed by atoms with van der Waals surface area (Å²) < 4.78 is 5.54. The van der Waals surface area contributed by atoms with Crippen LogP contribution in [0, 0.1) is 6.92 Å². The van der Waals surface area contributed by atoms with Crippen LogP contribution in [0.15, 0.2) is 22.7 Å². The van der Waals surface area contributed by atoms with Gasteiger partial charge in [0.25, 0.3) is 0 Å². The number of benzene rings is 1. The highest BCUT2D eigenvalue weighted by Crippen LogP contribution is 2.23. The van der Waals surface area contributed by atoms with E-state index in [1.165, 1.54) is 14.0 Å². The van der Waals surface area contributed by atoms with Crippen LogP contribution < -0.4 is 10.6 Å². The molecule has 5 nitrogen and oxygen atoms in total. The number of amides is 1. The van der Waals surface area contributed by atoms with Crippen molar-refractivity contribution in [3.05, 3.63) is 28.2 Å². The molecule has 1 aromatic rings. The molecule has 1 atom stereocenters. The first-order valence-corrected chi connectivity index (χ1v) is 6.58. The molecule has 0 fully saturated rings. The van der Waals surface area contributed by atoms with Gasteiger partial charge in [-0.25, -0.2) is 4.79 Å². The molecule has 0 heterocycles. The van der Waals surface area contributed by atoms with Gasteiger partial charge >= 0.3 is 5.97 Å². The molecule has 0 saturated heterocycles. The molecule has 0 radical (unpaired) electrons. The number of halogens is 1. The predicted molar refractivity (Wildman–Crippen MR) is 77.0 cm³/mol. The average Bonchev–Trinajstić information content (AvgIpc) is 2.36. The van der Waals surface area contributed by atoms with Gasteiger partial charge < -0.3 is 15.4 Å². The summed E-state index contributed by atoms with van der Waals surface area (Å²) in [5.41, 5.74) is 1.96. The first kappa shape index (κ1) is 15.5. The Kier molecular flexibility index (Phi) is 5.82. The Morgan fingerprint density at radius 1 is 1.42 bits per heavy atom. The van der Waals surface area contributed by atoms with Gasteiger partial charge in [-0.2, -0.15) is 0 Å². The van der Waals surface area contributed by atoms with Gasteiger partial charge in [0.2, 0.25) is 5.91 Å². The zero-order chi connectivity index (χ0) is 14.4. The van der Waals surface area contributed by atoms with E-state index in [9.17, 15) is 9.59 Å². The van der Waals surface area contributed by atoms with E-state index in [4.69, 9.17) is 0 Å². The number of aryl methyl sites for hydroxylation is 1. The van der Waals surface area contributed by atoms with Crippen molar-refractivity contribution in [3.8, 4) is 0 Å². The van der Waals surface area contributed by atoms with E-state index in [1.54, 1.807) is 0 Å². The number of carbonyl (C=O) groups is 2.